The summed E-state index contributed by atoms with van der Waals surface area (Å²) in [5, 5.41) is 0. The zero-order chi connectivity index (χ0) is 11.8. The van der Waals surface area contributed by atoms with E-state index in [1.807, 2.05) is 19.1 Å². The number of ether oxygens (including phenoxy) is 2. The largest absolute Gasteiger partial charge is 0.495 e. The third-order valence-electron chi connectivity index (χ3n) is 2.31. The van der Waals surface area contributed by atoms with Crippen LogP contribution in [0.15, 0.2) is 18.3 Å². The lowest BCUT2D eigenvalue weighted by molar-refractivity contribution is 0.135. The number of rotatable bonds is 7. The Labute approximate surface area is 95.9 Å². The maximum atomic E-state index is 5.51. The summed E-state index contributed by atoms with van der Waals surface area (Å²) in [7, 11) is 1.62. The van der Waals surface area contributed by atoms with Gasteiger partial charge in [0.1, 0.15) is 11.4 Å². The van der Waals surface area contributed by atoms with Gasteiger partial charge in [-0.3, -0.25) is 16.3 Å². The quantitative estimate of drug-likeness (QED) is 0.412. The lowest BCUT2D eigenvalue weighted by Gasteiger charge is -2.17. The van der Waals surface area contributed by atoms with E-state index in [4.69, 9.17) is 15.3 Å². The first-order chi connectivity index (χ1) is 7.83. The lowest BCUT2D eigenvalue weighted by atomic mass is 10.1. The van der Waals surface area contributed by atoms with E-state index >= 15 is 0 Å². The summed E-state index contributed by atoms with van der Waals surface area (Å²) >= 11 is 0. The zero-order valence-electron chi connectivity index (χ0n) is 9.77. The van der Waals surface area contributed by atoms with Crippen LogP contribution in [0.4, 0.5) is 0 Å². The Kier molecular flexibility index (Phi) is 5.77. The molecule has 0 amide bonds. The number of hydrogen-bond donors (Lipinski definition) is 2. The first kappa shape index (κ1) is 12.9. The van der Waals surface area contributed by atoms with Crippen molar-refractivity contribution in [1.82, 2.24) is 10.4 Å². The molecule has 0 aliphatic heterocycles. The molecule has 0 aromatic carbocycles. The maximum Gasteiger partial charge on any atom is 0.142 e. The molecule has 0 bridgehead atoms. The van der Waals surface area contributed by atoms with Crippen molar-refractivity contribution in [3.05, 3.63) is 24.0 Å². The Bertz CT molecular complexity index is 307. The summed E-state index contributed by atoms with van der Waals surface area (Å²) in [5.41, 5.74) is 3.54. The molecule has 0 fully saturated rings. The fourth-order valence-corrected chi connectivity index (χ4v) is 1.48. The molecule has 0 aliphatic rings. The highest BCUT2D eigenvalue weighted by atomic mass is 16.5. The van der Waals surface area contributed by atoms with Gasteiger partial charge in [-0.1, -0.05) is 0 Å². The zero-order valence-corrected chi connectivity index (χ0v) is 9.77. The molecule has 1 unspecified atom stereocenters. The molecule has 1 heterocycles. The maximum absolute atomic E-state index is 5.51. The second kappa shape index (κ2) is 7.16. The van der Waals surface area contributed by atoms with E-state index < -0.39 is 0 Å². The SMILES string of the molecule is CCOCCC(NN)c1ncccc1OC. The van der Waals surface area contributed by atoms with Gasteiger partial charge >= 0.3 is 0 Å². The van der Waals surface area contributed by atoms with Crippen molar-refractivity contribution in [2.24, 2.45) is 5.84 Å². The van der Waals surface area contributed by atoms with Gasteiger partial charge < -0.3 is 9.47 Å². The van der Waals surface area contributed by atoms with Crippen molar-refractivity contribution in [1.29, 1.82) is 0 Å². The summed E-state index contributed by atoms with van der Waals surface area (Å²) in [6, 6.07) is 3.65. The minimum Gasteiger partial charge on any atom is -0.495 e. The van der Waals surface area contributed by atoms with Gasteiger partial charge in [-0.15, -0.1) is 0 Å². The van der Waals surface area contributed by atoms with Crippen LogP contribution < -0.4 is 16.0 Å². The van der Waals surface area contributed by atoms with Gasteiger partial charge in [0.2, 0.25) is 0 Å². The van der Waals surface area contributed by atoms with Gasteiger partial charge in [0.15, 0.2) is 0 Å². The van der Waals surface area contributed by atoms with E-state index in [-0.39, 0.29) is 6.04 Å². The summed E-state index contributed by atoms with van der Waals surface area (Å²) in [6.45, 7) is 3.31. The van der Waals surface area contributed by atoms with Crippen molar-refractivity contribution >= 4 is 0 Å². The van der Waals surface area contributed by atoms with Crippen molar-refractivity contribution in [2.75, 3.05) is 20.3 Å². The Morgan fingerprint density at radius 1 is 1.56 bits per heavy atom. The first-order valence-electron chi connectivity index (χ1n) is 5.36. The molecule has 0 spiro atoms. The molecular formula is C11H19N3O2. The van der Waals surface area contributed by atoms with Crippen LogP contribution in [0.2, 0.25) is 0 Å². The van der Waals surface area contributed by atoms with Crippen molar-refractivity contribution in [2.45, 2.75) is 19.4 Å². The number of hydrazine groups is 1. The van der Waals surface area contributed by atoms with Gasteiger partial charge in [-0.05, 0) is 25.5 Å². The fraction of sp³-hybridized carbons (Fsp3) is 0.545. The minimum atomic E-state index is -0.0531. The monoisotopic (exact) mass is 225 g/mol. The van der Waals surface area contributed by atoms with Crippen molar-refractivity contribution in [3.8, 4) is 5.75 Å². The van der Waals surface area contributed by atoms with E-state index in [1.165, 1.54) is 0 Å². The van der Waals surface area contributed by atoms with Gasteiger partial charge in [0.05, 0.1) is 13.2 Å². The normalized spacial score (nSPS) is 12.4. The number of pyridine rings is 1. The summed E-state index contributed by atoms with van der Waals surface area (Å²) in [4.78, 5) is 4.28. The molecule has 90 valence electrons. The second-order valence-corrected chi connectivity index (χ2v) is 3.30. The van der Waals surface area contributed by atoms with Crippen molar-refractivity contribution < 1.29 is 9.47 Å². The number of nitrogens with two attached hydrogens (primary N) is 1. The van der Waals surface area contributed by atoms with Crippen LogP contribution >= 0.6 is 0 Å². The highest BCUT2D eigenvalue weighted by Gasteiger charge is 2.15. The highest BCUT2D eigenvalue weighted by molar-refractivity contribution is 5.29. The molecule has 3 N–H and O–H groups in total. The van der Waals surface area contributed by atoms with Gasteiger partial charge in [-0.2, -0.15) is 0 Å². The van der Waals surface area contributed by atoms with Crippen LogP contribution in [0.5, 0.6) is 5.75 Å². The summed E-state index contributed by atoms with van der Waals surface area (Å²) in [6.07, 6.45) is 2.49. The predicted molar refractivity (Wildman–Crippen MR) is 62.0 cm³/mol. The standard InChI is InChI=1S/C11H19N3O2/c1-3-16-8-6-9(14-12)11-10(15-2)5-4-7-13-11/h4-5,7,9,14H,3,6,8,12H2,1-2H3. The van der Waals surface area contributed by atoms with Gasteiger partial charge in [-0.25, -0.2) is 0 Å². The van der Waals surface area contributed by atoms with E-state index in [0.717, 1.165) is 17.9 Å². The second-order valence-electron chi connectivity index (χ2n) is 3.30. The molecule has 5 heteroatoms. The molecular weight excluding hydrogens is 206 g/mol. The van der Waals surface area contributed by atoms with E-state index in [1.54, 1.807) is 13.3 Å². The molecule has 5 nitrogen and oxygen atoms in total. The molecule has 1 aromatic rings. The molecule has 0 aliphatic carbocycles. The van der Waals surface area contributed by atoms with Crippen LogP contribution in [0, 0.1) is 0 Å². The summed E-state index contributed by atoms with van der Waals surface area (Å²) < 4.78 is 10.5. The Morgan fingerprint density at radius 3 is 3.00 bits per heavy atom. The molecule has 1 aromatic heterocycles. The molecule has 1 atom stereocenters. The average Bonchev–Trinajstić information content (AvgIpc) is 2.35. The fourth-order valence-electron chi connectivity index (χ4n) is 1.48. The van der Waals surface area contributed by atoms with Crippen LogP contribution in [0.25, 0.3) is 0 Å². The number of hydrogen-bond acceptors (Lipinski definition) is 5. The molecule has 0 saturated carbocycles. The number of methoxy groups -OCH3 is 1. The van der Waals surface area contributed by atoms with Gasteiger partial charge in [0, 0.05) is 19.4 Å². The topological polar surface area (TPSA) is 69.4 Å². The summed E-state index contributed by atoms with van der Waals surface area (Å²) in [5.74, 6) is 6.25. The highest BCUT2D eigenvalue weighted by Crippen LogP contribution is 2.23. The third-order valence-corrected chi connectivity index (χ3v) is 2.31. The first-order valence-corrected chi connectivity index (χ1v) is 5.36. The van der Waals surface area contributed by atoms with E-state index in [9.17, 15) is 0 Å². The minimum absolute atomic E-state index is 0.0531. The Balaban J connectivity index is 2.69. The average molecular weight is 225 g/mol. The number of nitrogens with zero attached hydrogens (tertiary/aromatic N) is 1. The molecule has 16 heavy (non-hydrogen) atoms. The van der Waals surface area contributed by atoms with E-state index in [0.29, 0.717) is 13.2 Å². The van der Waals surface area contributed by atoms with Crippen LogP contribution in [-0.2, 0) is 4.74 Å². The van der Waals surface area contributed by atoms with Crippen LogP contribution in [-0.4, -0.2) is 25.3 Å². The third kappa shape index (κ3) is 3.44. The molecule has 0 saturated heterocycles. The Morgan fingerprint density at radius 2 is 2.38 bits per heavy atom. The van der Waals surface area contributed by atoms with Gasteiger partial charge in [0.25, 0.3) is 0 Å². The van der Waals surface area contributed by atoms with Crippen molar-refractivity contribution in [3.63, 3.8) is 0 Å². The van der Waals surface area contributed by atoms with Crippen LogP contribution in [0.3, 0.4) is 0 Å². The number of aromatic nitrogens is 1. The lowest BCUT2D eigenvalue weighted by Crippen LogP contribution is -2.30. The predicted octanol–water partition coefficient (Wildman–Crippen LogP) is 1.02. The smallest absolute Gasteiger partial charge is 0.142 e. The van der Waals surface area contributed by atoms with Crippen LogP contribution in [0.1, 0.15) is 25.1 Å². The number of nitrogens with one attached hydrogen (secondary N) is 1. The van der Waals surface area contributed by atoms with E-state index in [2.05, 4.69) is 10.4 Å². The molecule has 0 radical (unpaired) electrons. The molecule has 1 rings (SSSR count). The Hall–Kier alpha value is -1.17.